The van der Waals surface area contributed by atoms with E-state index in [4.69, 9.17) is 15.1 Å². The molecule has 0 fully saturated rings. The van der Waals surface area contributed by atoms with E-state index in [1.54, 1.807) is 36.4 Å². The van der Waals surface area contributed by atoms with Crippen molar-refractivity contribution in [2.75, 3.05) is 11.9 Å². The van der Waals surface area contributed by atoms with Crippen molar-refractivity contribution in [1.82, 2.24) is 0 Å². The van der Waals surface area contributed by atoms with Crippen LogP contribution in [-0.4, -0.2) is 28.8 Å². The summed E-state index contributed by atoms with van der Waals surface area (Å²) in [5.74, 6) is -2.09. The molecule has 7 heteroatoms. The first kappa shape index (κ1) is 18.8. The minimum atomic E-state index is -1.15. The summed E-state index contributed by atoms with van der Waals surface area (Å²) in [7, 11) is 0. The van der Waals surface area contributed by atoms with E-state index in [2.05, 4.69) is 5.32 Å². The fourth-order valence-electron chi connectivity index (χ4n) is 2.38. The van der Waals surface area contributed by atoms with E-state index in [1.807, 2.05) is 19.9 Å². The van der Waals surface area contributed by atoms with Crippen molar-refractivity contribution in [3.8, 4) is 11.8 Å². The van der Waals surface area contributed by atoms with Crippen LogP contribution < -0.4 is 10.1 Å². The molecule has 7 nitrogen and oxygen atoms in total. The Morgan fingerprint density at radius 1 is 1.15 bits per heavy atom. The number of hydrogen-bond donors (Lipinski definition) is 3. The highest BCUT2D eigenvalue weighted by Gasteiger charge is 2.25. The Morgan fingerprint density at radius 3 is 2.31 bits per heavy atom. The van der Waals surface area contributed by atoms with Gasteiger partial charge in [0.2, 0.25) is 0 Å². The number of nitriles is 1. The normalized spacial score (nSPS) is 11.3. The van der Waals surface area contributed by atoms with Crippen LogP contribution in [0.3, 0.4) is 0 Å². The van der Waals surface area contributed by atoms with Gasteiger partial charge in [-0.1, -0.05) is 0 Å². The number of benzene rings is 2. The van der Waals surface area contributed by atoms with E-state index in [-0.39, 0.29) is 5.75 Å². The predicted octanol–water partition coefficient (Wildman–Crippen LogP) is 2.88. The molecule has 0 amide bonds. The number of aryl methyl sites for hydroxylation is 2. The van der Waals surface area contributed by atoms with Crippen molar-refractivity contribution in [1.29, 1.82) is 5.26 Å². The summed E-state index contributed by atoms with van der Waals surface area (Å²) >= 11 is 0. The maximum atomic E-state index is 11.8. The average Bonchev–Trinajstić information content (AvgIpc) is 2.60. The van der Waals surface area contributed by atoms with Gasteiger partial charge in [0, 0.05) is 11.3 Å². The lowest BCUT2D eigenvalue weighted by Gasteiger charge is -2.21. The number of carbonyl (C=O) groups is 2. The van der Waals surface area contributed by atoms with Crippen LogP contribution in [0.25, 0.3) is 0 Å². The molecule has 0 bridgehead atoms. The monoisotopic (exact) mass is 354 g/mol. The summed E-state index contributed by atoms with van der Waals surface area (Å²) in [6, 6.07) is 10.5. The molecule has 1 unspecified atom stereocenters. The third kappa shape index (κ3) is 4.51. The molecular formula is C19H18N2O5. The largest absolute Gasteiger partial charge is 0.482 e. The topological polar surface area (TPSA) is 120 Å². The van der Waals surface area contributed by atoms with Gasteiger partial charge in [0.15, 0.2) is 12.6 Å². The van der Waals surface area contributed by atoms with Gasteiger partial charge in [-0.05, 0) is 61.4 Å². The van der Waals surface area contributed by atoms with Crippen LogP contribution >= 0.6 is 0 Å². The first-order valence-corrected chi connectivity index (χ1v) is 7.77. The molecule has 0 aliphatic carbocycles. The number of rotatable bonds is 7. The van der Waals surface area contributed by atoms with Gasteiger partial charge < -0.3 is 20.3 Å². The van der Waals surface area contributed by atoms with E-state index in [0.29, 0.717) is 16.8 Å². The van der Waals surface area contributed by atoms with Crippen molar-refractivity contribution >= 4 is 17.6 Å². The fraction of sp³-hybridized carbons (Fsp3) is 0.211. The average molecular weight is 354 g/mol. The Bertz CT molecular complexity index is 869. The molecule has 134 valence electrons. The molecule has 0 aliphatic rings. The molecule has 2 aromatic rings. The molecule has 0 aliphatic heterocycles. The minimum absolute atomic E-state index is 0.198. The molecule has 3 N–H and O–H groups in total. The third-order valence-corrected chi connectivity index (χ3v) is 3.86. The number of nitrogens with zero attached hydrogens (tertiary/aromatic N) is 1. The van der Waals surface area contributed by atoms with Crippen molar-refractivity contribution in [3.63, 3.8) is 0 Å². The zero-order valence-corrected chi connectivity index (χ0v) is 14.3. The molecule has 0 saturated carbocycles. The number of anilines is 1. The zero-order valence-electron chi connectivity index (χ0n) is 14.3. The van der Waals surface area contributed by atoms with Crippen LogP contribution in [0.15, 0.2) is 36.4 Å². The second-order valence-corrected chi connectivity index (χ2v) is 5.76. The Labute approximate surface area is 150 Å². The Kier molecular flexibility index (Phi) is 5.81. The second kappa shape index (κ2) is 8.03. The van der Waals surface area contributed by atoms with Gasteiger partial charge in [0.25, 0.3) is 0 Å². The van der Waals surface area contributed by atoms with Gasteiger partial charge in [-0.25, -0.2) is 9.59 Å². The van der Waals surface area contributed by atoms with Gasteiger partial charge >= 0.3 is 11.9 Å². The molecule has 26 heavy (non-hydrogen) atoms. The highest BCUT2D eigenvalue weighted by molar-refractivity contribution is 5.81. The van der Waals surface area contributed by atoms with Crippen molar-refractivity contribution in [3.05, 3.63) is 58.7 Å². The van der Waals surface area contributed by atoms with E-state index < -0.39 is 24.6 Å². The SMILES string of the molecule is Cc1cc(OCC(=O)O)c(C(Nc2ccc(C#N)cc2)C(=O)O)cc1C. The Balaban J connectivity index is 2.41. The molecular weight excluding hydrogens is 336 g/mol. The lowest BCUT2D eigenvalue weighted by Crippen LogP contribution is -2.22. The number of aliphatic carboxylic acids is 2. The predicted molar refractivity (Wildman–Crippen MR) is 94.2 cm³/mol. The molecule has 2 aromatic carbocycles. The summed E-state index contributed by atoms with van der Waals surface area (Å²) in [4.78, 5) is 22.6. The van der Waals surface area contributed by atoms with Gasteiger partial charge in [0.1, 0.15) is 5.75 Å². The molecule has 2 rings (SSSR count). The molecule has 1 atom stereocenters. The van der Waals surface area contributed by atoms with Gasteiger partial charge in [-0.3, -0.25) is 0 Å². The molecule has 0 heterocycles. The minimum Gasteiger partial charge on any atom is -0.482 e. The molecule has 0 spiro atoms. The summed E-state index contributed by atoms with van der Waals surface area (Å²) in [5, 5.41) is 30.2. The molecule has 0 radical (unpaired) electrons. The van der Waals surface area contributed by atoms with Gasteiger partial charge in [0.05, 0.1) is 11.6 Å². The number of ether oxygens (including phenoxy) is 1. The molecule has 0 saturated heterocycles. The Morgan fingerprint density at radius 2 is 1.77 bits per heavy atom. The van der Waals surface area contributed by atoms with E-state index in [9.17, 15) is 14.7 Å². The van der Waals surface area contributed by atoms with E-state index >= 15 is 0 Å². The number of carboxylic acids is 2. The Hall–Kier alpha value is -3.53. The van der Waals surface area contributed by atoms with Crippen molar-refractivity contribution in [2.24, 2.45) is 0 Å². The van der Waals surface area contributed by atoms with Crippen LogP contribution in [0, 0.1) is 25.2 Å². The second-order valence-electron chi connectivity index (χ2n) is 5.76. The maximum absolute atomic E-state index is 11.8. The summed E-state index contributed by atoms with van der Waals surface area (Å²) in [6.45, 7) is 3.09. The van der Waals surface area contributed by atoms with Crippen LogP contribution in [0.1, 0.15) is 28.3 Å². The quantitative estimate of drug-likeness (QED) is 0.699. The molecule has 0 aromatic heterocycles. The van der Waals surface area contributed by atoms with Crippen LogP contribution in [0.4, 0.5) is 5.69 Å². The summed E-state index contributed by atoms with van der Waals surface area (Å²) in [6.07, 6.45) is 0. The first-order valence-electron chi connectivity index (χ1n) is 7.77. The van der Waals surface area contributed by atoms with Gasteiger partial charge in [-0.2, -0.15) is 5.26 Å². The highest BCUT2D eigenvalue weighted by atomic mass is 16.5. The smallest absolute Gasteiger partial charge is 0.341 e. The van der Waals surface area contributed by atoms with Gasteiger partial charge in [-0.15, -0.1) is 0 Å². The van der Waals surface area contributed by atoms with Crippen LogP contribution in [0.5, 0.6) is 5.75 Å². The van der Waals surface area contributed by atoms with Crippen molar-refractivity contribution < 1.29 is 24.5 Å². The third-order valence-electron chi connectivity index (χ3n) is 3.86. The fourth-order valence-corrected chi connectivity index (χ4v) is 2.38. The summed E-state index contributed by atoms with van der Waals surface area (Å²) in [5.41, 5.74) is 3.01. The standard InChI is InChI=1S/C19H18N2O5/c1-11-7-15(16(8-12(11)2)26-10-17(22)23)18(19(24)25)21-14-5-3-13(9-20)4-6-14/h3-8,18,21H,10H2,1-2H3,(H,22,23)(H,24,25). The van der Waals surface area contributed by atoms with E-state index in [0.717, 1.165) is 11.1 Å². The number of nitrogens with one attached hydrogen (secondary N) is 1. The first-order chi connectivity index (χ1) is 12.3. The lowest BCUT2D eigenvalue weighted by molar-refractivity contribution is -0.139. The van der Waals surface area contributed by atoms with Crippen LogP contribution in [-0.2, 0) is 9.59 Å². The maximum Gasteiger partial charge on any atom is 0.341 e. The zero-order chi connectivity index (χ0) is 19.3. The lowest BCUT2D eigenvalue weighted by atomic mass is 9.99. The summed E-state index contributed by atoms with van der Waals surface area (Å²) < 4.78 is 5.29. The van der Waals surface area contributed by atoms with Crippen molar-refractivity contribution in [2.45, 2.75) is 19.9 Å². The van der Waals surface area contributed by atoms with Crippen LogP contribution in [0.2, 0.25) is 0 Å². The van der Waals surface area contributed by atoms with E-state index in [1.165, 1.54) is 0 Å². The highest BCUT2D eigenvalue weighted by Crippen LogP contribution is 2.31. The number of carboxylic acid groups (broad SMARTS) is 2. The number of hydrogen-bond acceptors (Lipinski definition) is 5.